The second kappa shape index (κ2) is 5.92. The Balaban J connectivity index is 2.36. The van der Waals surface area contributed by atoms with Crippen LogP contribution in [0.15, 0.2) is 42.5 Å². The van der Waals surface area contributed by atoms with Gasteiger partial charge in [-0.1, -0.05) is 39.0 Å². The summed E-state index contributed by atoms with van der Waals surface area (Å²) in [6.07, 6.45) is 0. The van der Waals surface area contributed by atoms with Crippen molar-refractivity contribution in [1.82, 2.24) is 4.98 Å². The highest BCUT2D eigenvalue weighted by molar-refractivity contribution is 5.42. The highest BCUT2D eigenvalue weighted by atomic mass is 19.1. The van der Waals surface area contributed by atoms with Crippen LogP contribution in [0.1, 0.15) is 38.1 Å². The van der Waals surface area contributed by atoms with Crippen LogP contribution in [0.25, 0.3) is 0 Å². The molecule has 1 N–H and O–H groups in total. The van der Waals surface area contributed by atoms with E-state index >= 15 is 0 Å². The van der Waals surface area contributed by atoms with Gasteiger partial charge in [0.1, 0.15) is 23.4 Å². The summed E-state index contributed by atoms with van der Waals surface area (Å²) in [6.45, 7) is 6.22. The molecular weight excluding hydrogens is 265 g/mol. The number of benzene rings is 1. The maximum Gasteiger partial charge on any atom is 0.142 e. The average molecular weight is 283 g/mol. The molecule has 3 nitrogen and oxygen atoms in total. The molecular formula is C17H18FN3. The van der Waals surface area contributed by atoms with Crippen molar-refractivity contribution in [3.8, 4) is 6.07 Å². The van der Waals surface area contributed by atoms with Crippen molar-refractivity contribution in [2.75, 3.05) is 5.32 Å². The highest BCUT2D eigenvalue weighted by Gasteiger charge is 2.26. The topological polar surface area (TPSA) is 48.7 Å². The first-order chi connectivity index (χ1) is 9.90. The summed E-state index contributed by atoms with van der Waals surface area (Å²) >= 11 is 0. The molecule has 108 valence electrons. The smallest absolute Gasteiger partial charge is 0.142 e. The lowest BCUT2D eigenvalue weighted by atomic mass is 9.82. The molecule has 0 spiro atoms. The summed E-state index contributed by atoms with van der Waals surface area (Å²) in [6, 6.07) is 13.7. The quantitative estimate of drug-likeness (QED) is 0.914. The number of halogens is 1. The van der Waals surface area contributed by atoms with Gasteiger partial charge in [0.05, 0.1) is 6.04 Å². The Hall–Kier alpha value is -2.41. The summed E-state index contributed by atoms with van der Waals surface area (Å²) in [5.41, 5.74) is 1.07. The molecule has 4 heteroatoms. The first kappa shape index (κ1) is 15.0. The number of hydrogen-bond acceptors (Lipinski definition) is 3. The fourth-order valence-electron chi connectivity index (χ4n) is 2.21. The first-order valence-electron chi connectivity index (χ1n) is 6.79. The van der Waals surface area contributed by atoms with Crippen LogP contribution in [-0.2, 0) is 0 Å². The number of anilines is 1. The largest absolute Gasteiger partial charge is 0.363 e. The normalized spacial score (nSPS) is 12.5. The lowest BCUT2D eigenvalue weighted by Crippen LogP contribution is -2.26. The molecule has 0 amide bonds. The van der Waals surface area contributed by atoms with Crippen molar-refractivity contribution in [2.24, 2.45) is 5.41 Å². The molecule has 0 fully saturated rings. The van der Waals surface area contributed by atoms with Gasteiger partial charge in [-0.3, -0.25) is 0 Å². The van der Waals surface area contributed by atoms with Crippen molar-refractivity contribution in [1.29, 1.82) is 5.26 Å². The van der Waals surface area contributed by atoms with Crippen LogP contribution < -0.4 is 5.32 Å². The molecule has 0 saturated heterocycles. The van der Waals surface area contributed by atoms with E-state index in [9.17, 15) is 4.39 Å². The number of rotatable bonds is 3. The van der Waals surface area contributed by atoms with E-state index < -0.39 is 0 Å². The Labute approximate surface area is 124 Å². The lowest BCUT2D eigenvalue weighted by molar-refractivity contribution is 0.346. The third kappa shape index (κ3) is 3.79. The average Bonchev–Trinajstić information content (AvgIpc) is 2.44. The second-order valence-electron chi connectivity index (χ2n) is 6.02. The SMILES string of the molecule is CC(C)(C)C(Nc1cccc(C#N)n1)c1cccc(F)c1. The number of aromatic nitrogens is 1. The molecule has 0 aliphatic heterocycles. The molecule has 0 saturated carbocycles. The number of hydrogen-bond donors (Lipinski definition) is 1. The number of nitrogens with zero attached hydrogens (tertiary/aromatic N) is 2. The molecule has 1 aromatic carbocycles. The van der Waals surface area contributed by atoms with Crippen LogP contribution in [-0.4, -0.2) is 4.98 Å². The van der Waals surface area contributed by atoms with Gasteiger partial charge in [0, 0.05) is 0 Å². The standard InChI is InChI=1S/C17H18FN3/c1-17(2,3)16(12-6-4-7-13(18)10-12)21-15-9-5-8-14(11-19)20-15/h4-10,16H,1-3H3,(H,20,21). The first-order valence-corrected chi connectivity index (χ1v) is 6.79. The van der Waals surface area contributed by atoms with E-state index in [1.165, 1.54) is 12.1 Å². The molecule has 1 unspecified atom stereocenters. The molecule has 1 aromatic heterocycles. The Morgan fingerprint density at radius 3 is 2.52 bits per heavy atom. The van der Waals surface area contributed by atoms with Gasteiger partial charge < -0.3 is 5.32 Å². The predicted octanol–water partition coefficient (Wildman–Crippen LogP) is 4.29. The maximum absolute atomic E-state index is 13.5. The molecule has 1 atom stereocenters. The monoisotopic (exact) mass is 283 g/mol. The minimum atomic E-state index is -0.262. The van der Waals surface area contributed by atoms with E-state index in [0.717, 1.165) is 5.56 Å². The van der Waals surface area contributed by atoms with E-state index in [0.29, 0.717) is 11.5 Å². The van der Waals surface area contributed by atoms with Gasteiger partial charge in [-0.25, -0.2) is 9.37 Å². The van der Waals surface area contributed by atoms with E-state index in [1.54, 1.807) is 24.3 Å². The Bertz CT molecular complexity index is 668. The minimum absolute atomic E-state index is 0.116. The van der Waals surface area contributed by atoms with Crippen LogP contribution in [0.2, 0.25) is 0 Å². The molecule has 0 bridgehead atoms. The maximum atomic E-state index is 13.5. The predicted molar refractivity (Wildman–Crippen MR) is 81.2 cm³/mol. The van der Waals surface area contributed by atoms with E-state index in [1.807, 2.05) is 12.1 Å². The van der Waals surface area contributed by atoms with Gasteiger partial charge in [-0.2, -0.15) is 5.26 Å². The third-order valence-electron chi connectivity index (χ3n) is 3.20. The van der Waals surface area contributed by atoms with Crippen LogP contribution in [0.4, 0.5) is 10.2 Å². The fourth-order valence-corrected chi connectivity index (χ4v) is 2.21. The zero-order valence-corrected chi connectivity index (χ0v) is 12.4. The summed E-state index contributed by atoms with van der Waals surface area (Å²) < 4.78 is 13.5. The minimum Gasteiger partial charge on any atom is -0.363 e. The van der Waals surface area contributed by atoms with Crippen molar-refractivity contribution >= 4 is 5.82 Å². The van der Waals surface area contributed by atoms with Gasteiger partial charge in [0.25, 0.3) is 0 Å². The molecule has 0 aliphatic carbocycles. The summed E-state index contributed by atoms with van der Waals surface area (Å²) in [5.74, 6) is 0.348. The van der Waals surface area contributed by atoms with Crippen LogP contribution in [0, 0.1) is 22.6 Å². The fraction of sp³-hybridized carbons (Fsp3) is 0.294. The van der Waals surface area contributed by atoms with Gasteiger partial charge in [0.15, 0.2) is 0 Å². The molecule has 0 aliphatic rings. The Morgan fingerprint density at radius 2 is 1.90 bits per heavy atom. The summed E-state index contributed by atoms with van der Waals surface area (Å²) in [7, 11) is 0. The summed E-state index contributed by atoms with van der Waals surface area (Å²) in [4.78, 5) is 4.23. The van der Waals surface area contributed by atoms with E-state index in [4.69, 9.17) is 5.26 Å². The van der Waals surface area contributed by atoms with Crippen molar-refractivity contribution in [2.45, 2.75) is 26.8 Å². The molecule has 0 radical (unpaired) electrons. The van der Waals surface area contributed by atoms with E-state index in [-0.39, 0.29) is 17.3 Å². The third-order valence-corrected chi connectivity index (χ3v) is 3.20. The van der Waals surface area contributed by atoms with Crippen molar-refractivity contribution in [3.05, 3.63) is 59.5 Å². The van der Waals surface area contributed by atoms with Gasteiger partial charge in [0.2, 0.25) is 0 Å². The van der Waals surface area contributed by atoms with Crippen LogP contribution in [0.3, 0.4) is 0 Å². The number of nitriles is 1. The Morgan fingerprint density at radius 1 is 1.19 bits per heavy atom. The zero-order valence-electron chi connectivity index (χ0n) is 12.4. The van der Waals surface area contributed by atoms with Gasteiger partial charge in [-0.15, -0.1) is 0 Å². The van der Waals surface area contributed by atoms with Gasteiger partial charge >= 0.3 is 0 Å². The number of nitrogens with one attached hydrogen (secondary N) is 1. The highest BCUT2D eigenvalue weighted by Crippen LogP contribution is 2.35. The number of pyridine rings is 1. The molecule has 2 aromatic rings. The molecule has 21 heavy (non-hydrogen) atoms. The van der Waals surface area contributed by atoms with Crippen LogP contribution in [0.5, 0.6) is 0 Å². The van der Waals surface area contributed by atoms with Gasteiger partial charge in [-0.05, 0) is 35.2 Å². The zero-order chi connectivity index (χ0) is 15.5. The Kier molecular flexibility index (Phi) is 4.23. The van der Waals surface area contributed by atoms with E-state index in [2.05, 4.69) is 31.1 Å². The van der Waals surface area contributed by atoms with Crippen molar-refractivity contribution in [3.63, 3.8) is 0 Å². The summed E-state index contributed by atoms with van der Waals surface area (Å²) in [5, 5.41) is 12.2. The molecule has 2 rings (SSSR count). The second-order valence-corrected chi connectivity index (χ2v) is 6.02. The van der Waals surface area contributed by atoms with Crippen molar-refractivity contribution < 1.29 is 4.39 Å². The molecule has 1 heterocycles. The lowest BCUT2D eigenvalue weighted by Gasteiger charge is -2.32. The van der Waals surface area contributed by atoms with Crippen LogP contribution >= 0.6 is 0 Å².